The summed E-state index contributed by atoms with van der Waals surface area (Å²) in [4.78, 5) is 0. The lowest BCUT2D eigenvalue weighted by Gasteiger charge is -2.31. The fourth-order valence-electron chi connectivity index (χ4n) is 8.06. The number of aromatic nitrogens is 4. The van der Waals surface area contributed by atoms with Crippen LogP contribution in [0, 0.1) is 0 Å². The summed E-state index contributed by atoms with van der Waals surface area (Å²) in [6, 6.07) is 45.5. The summed E-state index contributed by atoms with van der Waals surface area (Å²) in [5.74, 6) is 1.71. The van der Waals surface area contributed by atoms with Crippen molar-refractivity contribution < 1.29 is 14.0 Å². The Balaban J connectivity index is 1.25. The standard InChI is InChI=1S/C39H24N4O/c1-2-9-25(10-3-1)26-16-18-27(19-17-26)28-23-41-32-13-8-14-33-36(32)39(42(41)24-28)37-34(44-35-15-6-7-22-40(35)39)21-20-30-29-11-4-5-12-31(29)43(33)38(30)37/h1-24H/q+2. The highest BCUT2D eigenvalue weighted by atomic mass is 16.5. The van der Waals surface area contributed by atoms with Crippen LogP contribution in [0.5, 0.6) is 11.6 Å². The van der Waals surface area contributed by atoms with E-state index >= 15 is 0 Å². The van der Waals surface area contributed by atoms with Gasteiger partial charge in [0.25, 0.3) is 0 Å². The van der Waals surface area contributed by atoms with E-state index in [0.717, 1.165) is 11.6 Å². The molecule has 5 nitrogen and oxygen atoms in total. The minimum Gasteiger partial charge on any atom is -0.404 e. The largest absolute Gasteiger partial charge is 0.449 e. The Bertz CT molecular complexity index is 2520. The number of pyridine rings is 1. The quantitative estimate of drug-likeness (QED) is 0.200. The molecule has 1 spiro atoms. The van der Waals surface area contributed by atoms with Crippen LogP contribution in [0.4, 0.5) is 0 Å². The van der Waals surface area contributed by atoms with Crippen molar-refractivity contribution >= 4 is 21.8 Å². The zero-order chi connectivity index (χ0) is 28.6. The first-order chi connectivity index (χ1) is 21.8. The molecular formula is C39H24N4O+2. The van der Waals surface area contributed by atoms with E-state index in [-0.39, 0.29) is 0 Å². The monoisotopic (exact) mass is 564 g/mol. The summed E-state index contributed by atoms with van der Waals surface area (Å²) in [5.41, 5.74) is 11.3. The van der Waals surface area contributed by atoms with Crippen LogP contribution in [0.15, 0.2) is 146 Å². The second kappa shape index (κ2) is 7.71. The predicted octanol–water partition coefficient (Wildman–Crippen LogP) is 7.51. The van der Waals surface area contributed by atoms with Crippen LogP contribution in [0.2, 0.25) is 0 Å². The minimum atomic E-state index is -0.664. The molecule has 6 heterocycles. The zero-order valence-corrected chi connectivity index (χ0v) is 23.6. The number of hydrogen-bond donors (Lipinski definition) is 0. The van der Waals surface area contributed by atoms with Crippen molar-refractivity contribution in [2.24, 2.45) is 0 Å². The Morgan fingerprint density at radius 2 is 1.32 bits per heavy atom. The average Bonchev–Trinajstić information content (AvgIpc) is 3.75. The highest BCUT2D eigenvalue weighted by Crippen LogP contribution is 2.54. The molecular weight excluding hydrogens is 540 g/mol. The molecule has 3 aromatic heterocycles. The maximum Gasteiger partial charge on any atom is 0.449 e. The van der Waals surface area contributed by atoms with Crippen LogP contribution in [-0.2, 0) is 5.66 Å². The lowest BCUT2D eigenvalue weighted by atomic mass is 9.83. The van der Waals surface area contributed by atoms with E-state index in [0.29, 0.717) is 0 Å². The lowest BCUT2D eigenvalue weighted by Crippen LogP contribution is -2.76. The maximum atomic E-state index is 6.69. The van der Waals surface area contributed by atoms with E-state index < -0.39 is 5.66 Å². The predicted molar refractivity (Wildman–Crippen MR) is 169 cm³/mol. The van der Waals surface area contributed by atoms with Gasteiger partial charge < -0.3 is 9.30 Å². The van der Waals surface area contributed by atoms with Gasteiger partial charge in [0.15, 0.2) is 23.1 Å². The number of para-hydroxylation sites is 1. The van der Waals surface area contributed by atoms with Crippen LogP contribution in [-0.4, -0.2) is 9.25 Å². The molecule has 0 radical (unpaired) electrons. The van der Waals surface area contributed by atoms with E-state index in [1.165, 1.54) is 66.6 Å². The Labute approximate surface area is 252 Å². The molecule has 0 N–H and O–H groups in total. The van der Waals surface area contributed by atoms with Crippen LogP contribution >= 0.6 is 0 Å². The fraction of sp³-hybridized carbons (Fsp3) is 0.0256. The number of fused-ring (bicyclic) bond motifs is 7. The van der Waals surface area contributed by atoms with E-state index in [4.69, 9.17) is 4.74 Å². The topological polar surface area (TPSA) is 26.8 Å². The van der Waals surface area contributed by atoms with Crippen molar-refractivity contribution in [2.75, 3.05) is 0 Å². The molecule has 5 heteroatoms. The van der Waals surface area contributed by atoms with E-state index in [9.17, 15) is 0 Å². The number of nitrogens with zero attached hydrogens (tertiary/aromatic N) is 4. The number of hydrogen-bond acceptors (Lipinski definition) is 1. The summed E-state index contributed by atoms with van der Waals surface area (Å²) < 4.78 is 16.2. The van der Waals surface area contributed by atoms with Crippen molar-refractivity contribution in [3.8, 4) is 45.3 Å². The summed E-state index contributed by atoms with van der Waals surface area (Å²) in [6.07, 6.45) is 6.77. The van der Waals surface area contributed by atoms with Crippen LogP contribution in [0.1, 0.15) is 11.1 Å². The van der Waals surface area contributed by atoms with Crippen molar-refractivity contribution in [3.05, 3.63) is 157 Å². The fourth-order valence-corrected chi connectivity index (χ4v) is 8.06. The molecule has 5 aromatic carbocycles. The lowest BCUT2D eigenvalue weighted by molar-refractivity contribution is -0.996. The van der Waals surface area contributed by atoms with E-state index in [1.807, 2.05) is 0 Å². The summed E-state index contributed by atoms with van der Waals surface area (Å²) in [6.45, 7) is 0. The van der Waals surface area contributed by atoms with Gasteiger partial charge in [0.2, 0.25) is 6.20 Å². The Hall–Kier alpha value is -5.94. The average molecular weight is 565 g/mol. The molecule has 1 unspecified atom stereocenters. The highest BCUT2D eigenvalue weighted by molar-refractivity contribution is 6.12. The van der Waals surface area contributed by atoms with Gasteiger partial charge in [-0.2, -0.15) is 0 Å². The molecule has 3 aliphatic rings. The Morgan fingerprint density at radius 3 is 2.20 bits per heavy atom. The first kappa shape index (κ1) is 22.6. The van der Waals surface area contributed by atoms with Crippen molar-refractivity contribution in [1.29, 1.82) is 0 Å². The normalized spacial score (nSPS) is 16.5. The van der Waals surface area contributed by atoms with Gasteiger partial charge in [-0.1, -0.05) is 83.4 Å². The van der Waals surface area contributed by atoms with E-state index in [2.05, 4.69) is 164 Å². The van der Waals surface area contributed by atoms with Gasteiger partial charge in [0.1, 0.15) is 5.69 Å². The second-order valence-corrected chi connectivity index (χ2v) is 11.9. The molecule has 0 saturated carbocycles. The molecule has 0 fully saturated rings. The third-order valence-corrected chi connectivity index (χ3v) is 9.80. The third-order valence-electron chi connectivity index (χ3n) is 9.80. The summed E-state index contributed by atoms with van der Waals surface area (Å²) >= 11 is 0. The number of benzene rings is 5. The van der Waals surface area contributed by atoms with Crippen molar-refractivity contribution in [1.82, 2.24) is 9.25 Å². The van der Waals surface area contributed by atoms with Gasteiger partial charge in [0.05, 0.1) is 34.5 Å². The Kier molecular flexibility index (Phi) is 3.97. The molecule has 0 aliphatic carbocycles. The molecule has 0 saturated heterocycles. The van der Waals surface area contributed by atoms with Gasteiger partial charge in [-0.25, -0.2) is 0 Å². The first-order valence-electron chi connectivity index (χ1n) is 15.0. The molecule has 44 heavy (non-hydrogen) atoms. The van der Waals surface area contributed by atoms with Gasteiger partial charge in [-0.3, -0.25) is 0 Å². The molecule has 0 amide bonds. The van der Waals surface area contributed by atoms with Crippen LogP contribution in [0.25, 0.3) is 55.4 Å². The van der Waals surface area contributed by atoms with Crippen LogP contribution in [0.3, 0.4) is 0 Å². The second-order valence-electron chi connectivity index (χ2n) is 11.9. The van der Waals surface area contributed by atoms with Crippen molar-refractivity contribution in [2.45, 2.75) is 5.66 Å². The molecule has 8 aromatic rings. The first-order valence-corrected chi connectivity index (χ1v) is 15.0. The van der Waals surface area contributed by atoms with Crippen molar-refractivity contribution in [3.63, 3.8) is 0 Å². The SMILES string of the molecule is c1ccc(-c2ccc(-c3cn4[n+](c3)C35c6c(cccc6-4)-n4c6ccccc6c6ccc(c3c64)Oc3cccc[n+]35)cc2)cc1. The highest BCUT2D eigenvalue weighted by Gasteiger charge is 2.70. The minimum absolute atomic E-state index is 0.664. The smallest absolute Gasteiger partial charge is 0.404 e. The number of rotatable bonds is 2. The molecule has 0 bridgehead atoms. The zero-order valence-electron chi connectivity index (χ0n) is 23.6. The van der Waals surface area contributed by atoms with Gasteiger partial charge in [-0.15, -0.1) is 4.68 Å². The molecule has 3 aliphatic heterocycles. The number of ether oxygens (including phenoxy) is 1. The summed E-state index contributed by atoms with van der Waals surface area (Å²) in [5, 5.41) is 2.49. The molecule has 204 valence electrons. The Morgan fingerprint density at radius 1 is 0.568 bits per heavy atom. The maximum absolute atomic E-state index is 6.69. The van der Waals surface area contributed by atoms with Gasteiger partial charge >= 0.3 is 11.5 Å². The molecule has 11 rings (SSSR count). The van der Waals surface area contributed by atoms with Gasteiger partial charge in [0, 0.05) is 16.8 Å². The molecule has 1 atom stereocenters. The van der Waals surface area contributed by atoms with Gasteiger partial charge in [-0.05, 0) is 57.8 Å². The van der Waals surface area contributed by atoms with Crippen LogP contribution < -0.4 is 14.0 Å². The van der Waals surface area contributed by atoms with E-state index in [1.54, 1.807) is 0 Å². The third kappa shape index (κ3) is 2.50. The summed E-state index contributed by atoms with van der Waals surface area (Å²) in [7, 11) is 0.